The van der Waals surface area contributed by atoms with Gasteiger partial charge in [-0.05, 0) is 68.4 Å². The standard InChI is InChI=1S/C26H31F2N3O3/c1-4-14-30(16-23(32)18-33-15-5-2)17-25-19(3)29-31(22-10-6-20(27)7-11-22)26(25)34-24-12-8-21(28)9-13-24/h5-13,23,32H,2,4,14-18H2,1,3H3. The molecule has 1 aromatic heterocycles. The number of halogens is 2. The first kappa shape index (κ1) is 25.6. The van der Waals surface area contributed by atoms with Crippen molar-refractivity contribution in [1.82, 2.24) is 14.7 Å². The Morgan fingerprint density at radius 2 is 1.76 bits per heavy atom. The maximum absolute atomic E-state index is 13.5. The van der Waals surface area contributed by atoms with Gasteiger partial charge in [0.2, 0.25) is 5.88 Å². The zero-order valence-corrected chi connectivity index (χ0v) is 19.6. The van der Waals surface area contributed by atoms with Crippen LogP contribution in [-0.4, -0.2) is 52.2 Å². The van der Waals surface area contributed by atoms with E-state index in [-0.39, 0.29) is 18.2 Å². The lowest BCUT2D eigenvalue weighted by molar-refractivity contribution is 0.0244. The monoisotopic (exact) mass is 471 g/mol. The van der Waals surface area contributed by atoms with Crippen LogP contribution in [0.3, 0.4) is 0 Å². The largest absolute Gasteiger partial charge is 0.439 e. The summed E-state index contributed by atoms with van der Waals surface area (Å²) in [6, 6.07) is 11.7. The third-order valence-electron chi connectivity index (χ3n) is 5.17. The Hall–Kier alpha value is -3.07. The van der Waals surface area contributed by atoms with Gasteiger partial charge in [0.15, 0.2) is 0 Å². The number of aromatic nitrogens is 2. The van der Waals surface area contributed by atoms with Crippen LogP contribution in [0, 0.1) is 18.6 Å². The summed E-state index contributed by atoms with van der Waals surface area (Å²) in [4.78, 5) is 2.11. The second kappa shape index (κ2) is 12.4. The van der Waals surface area contributed by atoms with E-state index in [2.05, 4.69) is 23.5 Å². The number of benzene rings is 2. The van der Waals surface area contributed by atoms with E-state index in [0.29, 0.717) is 37.0 Å². The second-order valence-electron chi connectivity index (χ2n) is 8.03. The summed E-state index contributed by atoms with van der Waals surface area (Å²) in [5.74, 6) is 0.188. The van der Waals surface area contributed by atoms with Gasteiger partial charge in [0.05, 0.1) is 36.3 Å². The average molecular weight is 472 g/mol. The highest BCUT2D eigenvalue weighted by molar-refractivity contribution is 5.43. The quantitative estimate of drug-likeness (QED) is 0.280. The van der Waals surface area contributed by atoms with Crippen molar-refractivity contribution in [3.8, 4) is 17.3 Å². The van der Waals surface area contributed by atoms with E-state index in [1.54, 1.807) is 35.0 Å². The van der Waals surface area contributed by atoms with Crippen LogP contribution >= 0.6 is 0 Å². The molecule has 0 bridgehead atoms. The highest BCUT2D eigenvalue weighted by Crippen LogP contribution is 2.32. The van der Waals surface area contributed by atoms with Crippen molar-refractivity contribution in [3.05, 3.63) is 84.1 Å². The van der Waals surface area contributed by atoms with Crippen LogP contribution in [0.4, 0.5) is 8.78 Å². The van der Waals surface area contributed by atoms with Crippen LogP contribution in [0.1, 0.15) is 24.6 Å². The van der Waals surface area contributed by atoms with E-state index < -0.39 is 6.10 Å². The Balaban J connectivity index is 1.93. The number of hydrogen-bond donors (Lipinski definition) is 1. The van der Waals surface area contributed by atoms with Gasteiger partial charge < -0.3 is 14.6 Å². The summed E-state index contributed by atoms with van der Waals surface area (Å²) in [6.45, 7) is 9.76. The zero-order valence-electron chi connectivity index (χ0n) is 19.6. The Kier molecular flexibility index (Phi) is 9.33. The third kappa shape index (κ3) is 6.96. The molecule has 0 aliphatic rings. The van der Waals surface area contributed by atoms with E-state index >= 15 is 0 Å². The molecule has 2 aromatic carbocycles. The molecule has 6 nitrogen and oxygen atoms in total. The molecule has 1 unspecified atom stereocenters. The van der Waals surface area contributed by atoms with Crippen LogP contribution in [0.25, 0.3) is 5.69 Å². The number of aliphatic hydroxyl groups excluding tert-OH is 1. The van der Waals surface area contributed by atoms with Gasteiger partial charge in [0.25, 0.3) is 0 Å². The van der Waals surface area contributed by atoms with Gasteiger partial charge in [-0.15, -0.1) is 6.58 Å². The second-order valence-corrected chi connectivity index (χ2v) is 8.03. The maximum atomic E-state index is 13.5. The topological polar surface area (TPSA) is 59.8 Å². The molecule has 3 rings (SSSR count). The van der Waals surface area contributed by atoms with E-state index in [1.165, 1.54) is 24.3 Å². The third-order valence-corrected chi connectivity index (χ3v) is 5.17. The minimum atomic E-state index is -0.666. The number of ether oxygens (including phenoxy) is 2. The molecular weight excluding hydrogens is 440 g/mol. The van der Waals surface area contributed by atoms with E-state index in [1.807, 2.05) is 6.92 Å². The molecule has 0 saturated heterocycles. The fraction of sp³-hybridized carbons (Fsp3) is 0.346. The first-order valence-corrected chi connectivity index (χ1v) is 11.3. The van der Waals surface area contributed by atoms with Crippen molar-refractivity contribution in [1.29, 1.82) is 0 Å². The van der Waals surface area contributed by atoms with Crippen molar-refractivity contribution >= 4 is 0 Å². The number of nitrogens with zero attached hydrogens (tertiary/aromatic N) is 3. The number of aliphatic hydroxyl groups is 1. The number of hydrogen-bond acceptors (Lipinski definition) is 5. The fourth-order valence-electron chi connectivity index (χ4n) is 3.61. The minimum Gasteiger partial charge on any atom is -0.439 e. The molecule has 182 valence electrons. The van der Waals surface area contributed by atoms with Crippen LogP contribution < -0.4 is 4.74 Å². The molecule has 0 fully saturated rings. The summed E-state index contributed by atoms with van der Waals surface area (Å²) in [5, 5.41) is 15.1. The molecule has 1 N–H and O–H groups in total. The molecule has 0 amide bonds. The molecule has 8 heteroatoms. The number of rotatable bonds is 13. The SMILES string of the molecule is C=CCOCC(O)CN(CCC)Cc1c(C)nn(-c2ccc(F)cc2)c1Oc1ccc(F)cc1. The Morgan fingerprint density at radius 3 is 2.38 bits per heavy atom. The first-order chi connectivity index (χ1) is 16.4. The lowest BCUT2D eigenvalue weighted by Crippen LogP contribution is -2.35. The summed E-state index contributed by atoms with van der Waals surface area (Å²) >= 11 is 0. The molecule has 1 heterocycles. The van der Waals surface area contributed by atoms with Crippen LogP contribution in [0.15, 0.2) is 61.2 Å². The zero-order chi connectivity index (χ0) is 24.5. The van der Waals surface area contributed by atoms with E-state index in [0.717, 1.165) is 24.2 Å². The normalized spacial score (nSPS) is 12.2. The molecule has 0 radical (unpaired) electrons. The summed E-state index contributed by atoms with van der Waals surface area (Å²) in [6.07, 6.45) is 1.86. The number of aryl methyl sites for hydroxylation is 1. The first-order valence-electron chi connectivity index (χ1n) is 11.3. The fourth-order valence-corrected chi connectivity index (χ4v) is 3.61. The highest BCUT2D eigenvalue weighted by atomic mass is 19.1. The molecule has 3 aromatic rings. The van der Waals surface area contributed by atoms with Crippen LogP contribution in [0.5, 0.6) is 11.6 Å². The van der Waals surface area contributed by atoms with Gasteiger partial charge in [-0.1, -0.05) is 13.0 Å². The van der Waals surface area contributed by atoms with Crippen molar-refractivity contribution < 1.29 is 23.4 Å². The average Bonchev–Trinajstić information content (AvgIpc) is 3.11. The summed E-state index contributed by atoms with van der Waals surface area (Å²) in [7, 11) is 0. The lowest BCUT2D eigenvalue weighted by Gasteiger charge is -2.25. The predicted octanol–water partition coefficient (Wildman–Crippen LogP) is 5.03. The maximum Gasteiger partial charge on any atom is 0.227 e. The van der Waals surface area contributed by atoms with Crippen molar-refractivity contribution in [2.75, 3.05) is 26.3 Å². The van der Waals surface area contributed by atoms with Gasteiger partial charge in [0.1, 0.15) is 17.4 Å². The Labute approximate surface area is 199 Å². The molecule has 34 heavy (non-hydrogen) atoms. The van der Waals surface area contributed by atoms with E-state index in [4.69, 9.17) is 9.47 Å². The molecule has 0 aliphatic carbocycles. The van der Waals surface area contributed by atoms with Gasteiger partial charge in [-0.2, -0.15) is 5.10 Å². The minimum absolute atomic E-state index is 0.207. The van der Waals surface area contributed by atoms with Gasteiger partial charge in [-0.25, -0.2) is 13.5 Å². The van der Waals surface area contributed by atoms with Gasteiger partial charge >= 0.3 is 0 Å². The molecule has 1 atom stereocenters. The summed E-state index contributed by atoms with van der Waals surface area (Å²) < 4.78 is 40.1. The van der Waals surface area contributed by atoms with Crippen LogP contribution in [0.2, 0.25) is 0 Å². The van der Waals surface area contributed by atoms with Gasteiger partial charge in [0, 0.05) is 13.1 Å². The predicted molar refractivity (Wildman–Crippen MR) is 127 cm³/mol. The van der Waals surface area contributed by atoms with E-state index in [9.17, 15) is 13.9 Å². The lowest BCUT2D eigenvalue weighted by atomic mass is 10.2. The smallest absolute Gasteiger partial charge is 0.227 e. The molecule has 0 saturated carbocycles. The van der Waals surface area contributed by atoms with Crippen molar-refractivity contribution in [2.24, 2.45) is 0 Å². The highest BCUT2D eigenvalue weighted by Gasteiger charge is 2.22. The van der Waals surface area contributed by atoms with Crippen molar-refractivity contribution in [3.63, 3.8) is 0 Å². The molecule has 0 aliphatic heterocycles. The Bertz CT molecular complexity index is 1050. The molecular formula is C26H31F2N3O3. The Morgan fingerprint density at radius 1 is 1.12 bits per heavy atom. The van der Waals surface area contributed by atoms with Gasteiger partial charge in [-0.3, -0.25) is 4.90 Å². The molecule has 0 spiro atoms. The van der Waals surface area contributed by atoms with Crippen LogP contribution in [-0.2, 0) is 11.3 Å². The summed E-state index contributed by atoms with van der Waals surface area (Å²) in [5.41, 5.74) is 2.19. The van der Waals surface area contributed by atoms with Crippen molar-refractivity contribution in [2.45, 2.75) is 32.9 Å².